The first-order chi connectivity index (χ1) is 9.67. The number of nitrogens with one attached hydrogen (secondary N) is 1. The minimum atomic E-state index is -0.447. The van der Waals surface area contributed by atoms with Crippen molar-refractivity contribution in [2.75, 3.05) is 12.3 Å². The van der Waals surface area contributed by atoms with Crippen LogP contribution in [0, 0.1) is 5.82 Å². The van der Waals surface area contributed by atoms with Gasteiger partial charge in [0.2, 0.25) is 0 Å². The van der Waals surface area contributed by atoms with E-state index in [1.165, 1.54) is 12.3 Å². The standard InChI is InChI=1S/C12H11FN6O/c1-2-20-12-17-9(14)8-11(19-12)18-10(16-8)6-3-7(13)5-15-4-6/h3-5H,2H2,1H3,(H3,14,16,17,18,19). The number of nitrogens with two attached hydrogens (primary N) is 1. The van der Waals surface area contributed by atoms with Crippen molar-refractivity contribution in [2.45, 2.75) is 6.92 Å². The number of imidazole rings is 1. The number of hydrogen-bond acceptors (Lipinski definition) is 6. The predicted octanol–water partition coefficient (Wildman–Crippen LogP) is 1.53. The molecule has 8 heteroatoms. The Morgan fingerprint density at radius 1 is 1.30 bits per heavy atom. The van der Waals surface area contributed by atoms with Crippen LogP contribution in [0.1, 0.15) is 6.92 Å². The highest BCUT2D eigenvalue weighted by Gasteiger charge is 2.13. The maximum absolute atomic E-state index is 13.2. The molecule has 0 amide bonds. The second-order valence-corrected chi connectivity index (χ2v) is 4.00. The van der Waals surface area contributed by atoms with E-state index in [1.54, 1.807) is 0 Å². The molecule has 0 atom stereocenters. The normalized spacial score (nSPS) is 10.9. The van der Waals surface area contributed by atoms with Crippen LogP contribution in [0.3, 0.4) is 0 Å². The zero-order valence-electron chi connectivity index (χ0n) is 10.6. The van der Waals surface area contributed by atoms with Crippen molar-refractivity contribution in [3.63, 3.8) is 0 Å². The topological polar surface area (TPSA) is 103 Å². The fraction of sp³-hybridized carbons (Fsp3) is 0.167. The Hall–Kier alpha value is -2.77. The molecule has 0 aliphatic carbocycles. The molecule has 20 heavy (non-hydrogen) atoms. The van der Waals surface area contributed by atoms with Crippen molar-refractivity contribution in [1.82, 2.24) is 24.9 Å². The van der Waals surface area contributed by atoms with Crippen LogP contribution in [0.25, 0.3) is 22.6 Å². The van der Waals surface area contributed by atoms with E-state index in [-0.39, 0.29) is 11.8 Å². The van der Waals surface area contributed by atoms with Gasteiger partial charge in [0.1, 0.15) is 17.2 Å². The molecule has 0 saturated carbocycles. The fourth-order valence-electron chi connectivity index (χ4n) is 1.77. The Morgan fingerprint density at radius 3 is 2.90 bits per heavy atom. The third-order valence-corrected chi connectivity index (χ3v) is 2.61. The number of ether oxygens (including phenoxy) is 1. The van der Waals surface area contributed by atoms with Gasteiger partial charge in [-0.25, -0.2) is 9.37 Å². The van der Waals surface area contributed by atoms with E-state index in [0.29, 0.717) is 29.2 Å². The fourth-order valence-corrected chi connectivity index (χ4v) is 1.77. The molecule has 0 fully saturated rings. The molecule has 0 aliphatic rings. The molecule has 0 aliphatic heterocycles. The number of pyridine rings is 1. The van der Waals surface area contributed by atoms with Gasteiger partial charge in [-0.15, -0.1) is 0 Å². The van der Waals surface area contributed by atoms with Gasteiger partial charge in [-0.3, -0.25) is 4.98 Å². The lowest BCUT2D eigenvalue weighted by Crippen LogP contribution is -2.01. The average Bonchev–Trinajstić information content (AvgIpc) is 2.84. The quantitative estimate of drug-likeness (QED) is 0.751. The molecular weight excluding hydrogens is 263 g/mol. The first kappa shape index (κ1) is 12.3. The second kappa shape index (κ2) is 4.72. The highest BCUT2D eigenvalue weighted by molar-refractivity contribution is 5.84. The number of H-pyrrole nitrogens is 1. The van der Waals surface area contributed by atoms with Crippen molar-refractivity contribution >= 4 is 17.0 Å². The second-order valence-electron chi connectivity index (χ2n) is 4.00. The SMILES string of the molecule is CCOc1nc(N)c2[nH]c(-c3cncc(F)c3)nc2n1. The summed E-state index contributed by atoms with van der Waals surface area (Å²) in [4.78, 5) is 19.1. The lowest BCUT2D eigenvalue weighted by molar-refractivity contribution is 0.314. The molecule has 3 aromatic rings. The first-order valence-electron chi connectivity index (χ1n) is 5.94. The number of aromatic nitrogens is 5. The summed E-state index contributed by atoms with van der Waals surface area (Å²) in [5.41, 5.74) is 7.16. The van der Waals surface area contributed by atoms with Crippen LogP contribution in [-0.4, -0.2) is 31.5 Å². The molecule has 3 aromatic heterocycles. The Bertz CT molecular complexity index is 772. The van der Waals surface area contributed by atoms with Crippen LogP contribution in [0.15, 0.2) is 18.5 Å². The van der Waals surface area contributed by atoms with Crippen LogP contribution < -0.4 is 10.5 Å². The molecule has 0 bridgehead atoms. The Labute approximate surface area is 113 Å². The van der Waals surface area contributed by atoms with E-state index < -0.39 is 5.82 Å². The van der Waals surface area contributed by atoms with Gasteiger partial charge < -0.3 is 15.5 Å². The number of rotatable bonds is 3. The van der Waals surface area contributed by atoms with E-state index >= 15 is 0 Å². The zero-order valence-corrected chi connectivity index (χ0v) is 10.6. The number of fused-ring (bicyclic) bond motifs is 1. The molecule has 0 unspecified atom stereocenters. The van der Waals surface area contributed by atoms with Crippen LogP contribution in [0.4, 0.5) is 10.2 Å². The van der Waals surface area contributed by atoms with Crippen LogP contribution in [0.2, 0.25) is 0 Å². The molecule has 7 nitrogen and oxygen atoms in total. The monoisotopic (exact) mass is 274 g/mol. The van der Waals surface area contributed by atoms with E-state index in [9.17, 15) is 4.39 Å². The number of nitrogens with zero attached hydrogens (tertiary/aromatic N) is 4. The minimum absolute atomic E-state index is 0.160. The number of aromatic amines is 1. The van der Waals surface area contributed by atoms with Crippen molar-refractivity contribution < 1.29 is 9.13 Å². The van der Waals surface area contributed by atoms with Gasteiger partial charge in [-0.2, -0.15) is 9.97 Å². The smallest absolute Gasteiger partial charge is 0.320 e. The summed E-state index contributed by atoms with van der Waals surface area (Å²) in [7, 11) is 0. The lowest BCUT2D eigenvalue weighted by Gasteiger charge is -2.00. The molecule has 3 heterocycles. The largest absolute Gasteiger partial charge is 0.464 e. The summed E-state index contributed by atoms with van der Waals surface area (Å²) < 4.78 is 18.4. The Kier molecular flexibility index (Phi) is 2.90. The van der Waals surface area contributed by atoms with E-state index in [2.05, 4.69) is 24.9 Å². The molecule has 0 radical (unpaired) electrons. The molecule has 3 rings (SSSR count). The summed E-state index contributed by atoms with van der Waals surface area (Å²) in [5, 5.41) is 0. The minimum Gasteiger partial charge on any atom is -0.464 e. The van der Waals surface area contributed by atoms with Gasteiger partial charge in [0.05, 0.1) is 12.8 Å². The molecule has 0 aromatic carbocycles. The first-order valence-corrected chi connectivity index (χ1v) is 5.94. The summed E-state index contributed by atoms with van der Waals surface area (Å²) in [6, 6.07) is 1.48. The summed E-state index contributed by atoms with van der Waals surface area (Å²) in [6.45, 7) is 2.24. The third kappa shape index (κ3) is 2.11. The van der Waals surface area contributed by atoms with Gasteiger partial charge in [0.15, 0.2) is 11.5 Å². The van der Waals surface area contributed by atoms with Crippen LogP contribution in [-0.2, 0) is 0 Å². The maximum Gasteiger partial charge on any atom is 0.320 e. The van der Waals surface area contributed by atoms with Gasteiger partial charge in [-0.1, -0.05) is 0 Å². The number of anilines is 1. The highest BCUT2D eigenvalue weighted by atomic mass is 19.1. The molecule has 3 N–H and O–H groups in total. The lowest BCUT2D eigenvalue weighted by atomic mass is 10.3. The number of nitrogen functional groups attached to an aromatic ring is 1. The molecule has 0 saturated heterocycles. The van der Waals surface area contributed by atoms with Crippen molar-refractivity contribution in [3.05, 3.63) is 24.3 Å². The highest BCUT2D eigenvalue weighted by Crippen LogP contribution is 2.23. The Balaban J connectivity index is 2.13. The number of hydrogen-bond donors (Lipinski definition) is 2. The van der Waals surface area contributed by atoms with E-state index in [0.717, 1.165) is 6.20 Å². The summed E-state index contributed by atoms with van der Waals surface area (Å²) >= 11 is 0. The summed E-state index contributed by atoms with van der Waals surface area (Å²) in [6.07, 6.45) is 2.61. The average molecular weight is 274 g/mol. The third-order valence-electron chi connectivity index (χ3n) is 2.61. The van der Waals surface area contributed by atoms with Crippen LogP contribution >= 0.6 is 0 Å². The zero-order chi connectivity index (χ0) is 14.1. The number of halogens is 1. The van der Waals surface area contributed by atoms with E-state index in [4.69, 9.17) is 10.5 Å². The molecule has 102 valence electrons. The van der Waals surface area contributed by atoms with Crippen molar-refractivity contribution in [3.8, 4) is 17.4 Å². The maximum atomic E-state index is 13.2. The molecule has 0 spiro atoms. The van der Waals surface area contributed by atoms with Crippen molar-refractivity contribution in [1.29, 1.82) is 0 Å². The Morgan fingerprint density at radius 2 is 2.15 bits per heavy atom. The van der Waals surface area contributed by atoms with Gasteiger partial charge in [-0.05, 0) is 13.0 Å². The van der Waals surface area contributed by atoms with Gasteiger partial charge in [0, 0.05) is 11.8 Å². The predicted molar refractivity (Wildman–Crippen MR) is 70.5 cm³/mol. The van der Waals surface area contributed by atoms with Crippen LogP contribution in [0.5, 0.6) is 6.01 Å². The van der Waals surface area contributed by atoms with Gasteiger partial charge in [0.25, 0.3) is 0 Å². The van der Waals surface area contributed by atoms with Crippen molar-refractivity contribution in [2.24, 2.45) is 0 Å². The summed E-state index contributed by atoms with van der Waals surface area (Å²) in [5.74, 6) is 0.195. The van der Waals surface area contributed by atoms with E-state index in [1.807, 2.05) is 6.92 Å². The van der Waals surface area contributed by atoms with Gasteiger partial charge >= 0.3 is 6.01 Å². The molecular formula is C12H11FN6O.